The third-order valence-electron chi connectivity index (χ3n) is 0.566. The van der Waals surface area contributed by atoms with E-state index >= 15 is 0 Å². The van der Waals surface area contributed by atoms with Crippen LogP contribution in [0.1, 0.15) is 19.8 Å². The van der Waals surface area contributed by atoms with Gasteiger partial charge in [-0.25, -0.2) is 0 Å². The zero-order valence-corrected chi connectivity index (χ0v) is 5.81. The molecule has 0 spiro atoms. The average molecular weight is 133 g/mol. The Bertz CT molecular complexity index is 79.8. The largest absolute Gasteiger partial charge is 0.174 e. The van der Waals surface area contributed by atoms with Gasteiger partial charge < -0.3 is 0 Å². The van der Waals surface area contributed by atoms with Crippen LogP contribution < -0.4 is 0 Å². The lowest BCUT2D eigenvalue weighted by Crippen LogP contribution is -1.83. The van der Waals surface area contributed by atoms with E-state index in [0.717, 1.165) is 12.8 Å². The summed E-state index contributed by atoms with van der Waals surface area (Å²) >= 11 is 9.01. The van der Waals surface area contributed by atoms with E-state index in [1.165, 1.54) is 0 Å². The van der Waals surface area contributed by atoms with Crippen LogP contribution in [-0.4, -0.2) is 4.99 Å². The zero-order valence-electron chi connectivity index (χ0n) is 4.18. The third-order valence-corrected chi connectivity index (χ3v) is 1.20. The number of hydrogen-bond acceptors (Lipinski definition) is 2. The minimum Gasteiger partial charge on any atom is -0.174 e. The number of hydrogen-bond donors (Lipinski definition) is 0. The molecule has 0 aliphatic rings. The molecule has 0 unspecified atom stereocenters. The molecule has 0 aromatic rings. The van der Waals surface area contributed by atoms with Crippen molar-refractivity contribution in [3.8, 4) is 0 Å². The molecule has 0 aromatic heterocycles. The Morgan fingerprint density at radius 1 is 1.71 bits per heavy atom. The molecule has 40 valence electrons. The number of thiocarbonyl (C=S) groups is 1. The number of nitrogens with zero attached hydrogens (tertiary/aromatic N) is 1. The standard InChI is InChI=1S/C4H7NS2/c1-2-3-4(6)5-7/h2-3H2,1H3. The van der Waals surface area contributed by atoms with Crippen LogP contribution in [0, 0.1) is 0 Å². The van der Waals surface area contributed by atoms with Crippen LogP contribution in [-0.2, 0) is 12.4 Å². The summed E-state index contributed by atoms with van der Waals surface area (Å²) in [6.07, 6.45) is 1.90. The second-order valence-electron chi connectivity index (χ2n) is 1.24. The first-order valence-corrected chi connectivity index (χ1v) is 2.94. The van der Waals surface area contributed by atoms with Crippen molar-refractivity contribution in [1.29, 1.82) is 0 Å². The second kappa shape index (κ2) is 4.27. The maximum Gasteiger partial charge on any atom is 0.117 e. The number of rotatable bonds is 2. The molecule has 0 amide bonds. The highest BCUT2D eigenvalue weighted by atomic mass is 32.1. The zero-order chi connectivity index (χ0) is 5.70. The summed E-state index contributed by atoms with van der Waals surface area (Å²) in [6.45, 7) is 2.05. The molecule has 0 fully saturated rings. The van der Waals surface area contributed by atoms with Crippen molar-refractivity contribution in [1.82, 2.24) is 0 Å². The van der Waals surface area contributed by atoms with Crippen molar-refractivity contribution in [2.45, 2.75) is 19.8 Å². The first-order valence-electron chi connectivity index (χ1n) is 2.17. The Labute approximate surface area is 54.3 Å². The summed E-state index contributed by atoms with van der Waals surface area (Å²) < 4.78 is 3.39. The van der Waals surface area contributed by atoms with Crippen LogP contribution in [0.25, 0.3) is 0 Å². The van der Waals surface area contributed by atoms with Gasteiger partial charge in [-0.05, 0) is 6.42 Å². The van der Waals surface area contributed by atoms with Gasteiger partial charge in [0.2, 0.25) is 0 Å². The second-order valence-corrected chi connectivity index (χ2v) is 1.89. The van der Waals surface area contributed by atoms with Crippen molar-refractivity contribution in [2.24, 2.45) is 4.36 Å². The highest BCUT2D eigenvalue weighted by molar-refractivity contribution is 7.80. The summed E-state index contributed by atoms with van der Waals surface area (Å²) in [5, 5.41) is 0. The van der Waals surface area contributed by atoms with Gasteiger partial charge in [0.1, 0.15) is 4.99 Å². The van der Waals surface area contributed by atoms with E-state index in [0.29, 0.717) is 4.99 Å². The molecule has 3 heteroatoms. The molecule has 0 saturated carbocycles. The van der Waals surface area contributed by atoms with Crippen LogP contribution >= 0.6 is 12.2 Å². The molecular formula is C4H7NS2. The summed E-state index contributed by atoms with van der Waals surface area (Å²) in [5.74, 6) is 0. The fraction of sp³-hybridized carbons (Fsp3) is 0.750. The summed E-state index contributed by atoms with van der Waals surface area (Å²) in [7, 11) is 0. The lowest BCUT2D eigenvalue weighted by Gasteiger charge is -1.84. The molecular weight excluding hydrogens is 126 g/mol. The Kier molecular flexibility index (Phi) is 4.34. The lowest BCUT2D eigenvalue weighted by atomic mass is 10.3. The average Bonchev–Trinajstić information content (AvgIpc) is 1.68. The van der Waals surface area contributed by atoms with E-state index in [2.05, 4.69) is 29.0 Å². The maximum absolute atomic E-state index is 4.68. The molecule has 0 saturated heterocycles. The van der Waals surface area contributed by atoms with Gasteiger partial charge in [0.25, 0.3) is 0 Å². The maximum atomic E-state index is 4.68. The first-order chi connectivity index (χ1) is 3.31. The van der Waals surface area contributed by atoms with Crippen molar-refractivity contribution in [2.75, 3.05) is 0 Å². The third kappa shape index (κ3) is 3.95. The fourth-order valence-electron chi connectivity index (χ4n) is 0.260. The molecule has 7 heavy (non-hydrogen) atoms. The fourth-order valence-corrected chi connectivity index (χ4v) is 0.555. The predicted octanol–water partition coefficient (Wildman–Crippen LogP) is 1.84. The van der Waals surface area contributed by atoms with Gasteiger partial charge in [0, 0.05) is 18.8 Å². The van der Waals surface area contributed by atoms with E-state index in [1.807, 2.05) is 6.92 Å². The first kappa shape index (κ1) is 7.11. The van der Waals surface area contributed by atoms with Crippen molar-refractivity contribution < 1.29 is 0 Å². The van der Waals surface area contributed by atoms with Gasteiger partial charge in [-0.15, -0.1) is 0 Å². The van der Waals surface area contributed by atoms with Crippen molar-refractivity contribution in [3.05, 3.63) is 0 Å². The summed E-state index contributed by atoms with van der Waals surface area (Å²) in [4.78, 5) is 0.650. The molecule has 0 atom stereocenters. The monoisotopic (exact) mass is 133 g/mol. The molecule has 0 radical (unpaired) electrons. The smallest absolute Gasteiger partial charge is 0.117 e. The van der Waals surface area contributed by atoms with E-state index in [-0.39, 0.29) is 0 Å². The normalized spacial score (nSPS) is 8.14. The minimum absolute atomic E-state index is 0.650. The molecule has 0 rings (SSSR count). The highest BCUT2D eigenvalue weighted by Gasteiger charge is 1.85. The van der Waals surface area contributed by atoms with Gasteiger partial charge >= 0.3 is 0 Å². The molecule has 0 aromatic carbocycles. The quantitative estimate of drug-likeness (QED) is 0.533. The molecule has 0 aliphatic carbocycles. The van der Waals surface area contributed by atoms with Crippen LogP contribution in [0.2, 0.25) is 0 Å². The van der Waals surface area contributed by atoms with E-state index < -0.39 is 0 Å². The molecule has 0 heterocycles. The minimum atomic E-state index is 0.650. The van der Waals surface area contributed by atoms with Crippen molar-refractivity contribution >= 4 is 29.6 Å². The molecule has 0 aliphatic heterocycles. The Morgan fingerprint density at radius 3 is 2.43 bits per heavy atom. The van der Waals surface area contributed by atoms with Crippen LogP contribution in [0.4, 0.5) is 0 Å². The summed E-state index contributed by atoms with van der Waals surface area (Å²) in [6, 6.07) is 0. The lowest BCUT2D eigenvalue weighted by molar-refractivity contribution is 0.999. The summed E-state index contributed by atoms with van der Waals surface area (Å²) in [5.41, 5.74) is 0. The Morgan fingerprint density at radius 2 is 2.29 bits per heavy atom. The molecule has 0 N–H and O–H groups in total. The van der Waals surface area contributed by atoms with Gasteiger partial charge in [-0.1, -0.05) is 19.1 Å². The van der Waals surface area contributed by atoms with Crippen LogP contribution in [0.3, 0.4) is 0 Å². The topological polar surface area (TPSA) is 12.4 Å². The predicted molar refractivity (Wildman–Crippen MR) is 37.3 cm³/mol. The van der Waals surface area contributed by atoms with E-state index in [1.54, 1.807) is 0 Å². The van der Waals surface area contributed by atoms with E-state index in [9.17, 15) is 0 Å². The van der Waals surface area contributed by atoms with Gasteiger partial charge in [-0.3, -0.25) is 0 Å². The van der Waals surface area contributed by atoms with Gasteiger partial charge in [0.15, 0.2) is 0 Å². The van der Waals surface area contributed by atoms with Crippen LogP contribution in [0.15, 0.2) is 4.36 Å². The van der Waals surface area contributed by atoms with E-state index in [4.69, 9.17) is 0 Å². The molecule has 0 bridgehead atoms. The van der Waals surface area contributed by atoms with Gasteiger partial charge in [0.05, 0.1) is 0 Å². The Hall–Kier alpha value is 0.110. The highest BCUT2D eigenvalue weighted by Crippen LogP contribution is 1.90. The van der Waals surface area contributed by atoms with Crippen LogP contribution in [0.5, 0.6) is 0 Å². The Balaban J connectivity index is 3.17. The van der Waals surface area contributed by atoms with Gasteiger partial charge in [-0.2, -0.15) is 4.36 Å². The molecule has 1 nitrogen and oxygen atoms in total. The SMILES string of the molecule is CCCC(=S)N=S. The van der Waals surface area contributed by atoms with Crippen molar-refractivity contribution in [3.63, 3.8) is 0 Å².